The predicted octanol–water partition coefficient (Wildman–Crippen LogP) is 3.30. The normalized spacial score (nSPS) is 11.8. The summed E-state index contributed by atoms with van der Waals surface area (Å²) in [5.41, 5.74) is 1.07. The van der Waals surface area contributed by atoms with E-state index in [-0.39, 0.29) is 11.5 Å². The molecule has 0 bridgehead atoms. The number of benzene rings is 2. The number of aliphatic hydroxyl groups excluding tert-OH is 1. The minimum Gasteiger partial charge on any atom is -0.497 e. The number of hydrogen-bond acceptors (Lipinski definition) is 7. The Bertz CT molecular complexity index is 886. The van der Waals surface area contributed by atoms with Crippen LogP contribution in [0.2, 0.25) is 0 Å². The number of esters is 2. The lowest BCUT2D eigenvalue weighted by atomic mass is 10.1. The fourth-order valence-corrected chi connectivity index (χ4v) is 2.49. The number of ether oxygens (including phenoxy) is 4. The van der Waals surface area contributed by atoms with Crippen LogP contribution in [0.1, 0.15) is 31.1 Å². The molecule has 0 aliphatic rings. The molecule has 1 unspecified atom stereocenters. The van der Waals surface area contributed by atoms with Gasteiger partial charge in [-0.3, -0.25) is 9.59 Å². The predicted molar refractivity (Wildman–Crippen MR) is 103 cm³/mol. The van der Waals surface area contributed by atoms with E-state index in [2.05, 4.69) is 0 Å². The molecule has 1 N–H and O–H groups in total. The van der Waals surface area contributed by atoms with Crippen molar-refractivity contribution in [2.75, 3.05) is 14.2 Å². The first-order valence-corrected chi connectivity index (χ1v) is 8.43. The van der Waals surface area contributed by atoms with E-state index in [1.807, 2.05) is 0 Å². The first kappa shape index (κ1) is 21.0. The molecule has 0 heterocycles. The molecule has 0 aromatic heterocycles. The van der Waals surface area contributed by atoms with Crippen LogP contribution < -0.4 is 18.9 Å². The first-order chi connectivity index (χ1) is 13.3. The van der Waals surface area contributed by atoms with Gasteiger partial charge in [-0.1, -0.05) is 12.2 Å². The zero-order chi connectivity index (χ0) is 20.7. The fourth-order valence-electron chi connectivity index (χ4n) is 2.49. The molecule has 0 radical (unpaired) electrons. The van der Waals surface area contributed by atoms with Gasteiger partial charge in [-0.25, -0.2) is 0 Å². The van der Waals surface area contributed by atoms with Gasteiger partial charge in [0.05, 0.1) is 14.2 Å². The van der Waals surface area contributed by atoms with Crippen molar-refractivity contribution in [3.63, 3.8) is 0 Å². The zero-order valence-corrected chi connectivity index (χ0v) is 16.1. The van der Waals surface area contributed by atoms with Crippen molar-refractivity contribution in [2.24, 2.45) is 0 Å². The highest BCUT2D eigenvalue weighted by molar-refractivity contribution is 5.74. The maximum Gasteiger partial charge on any atom is 0.308 e. The Balaban J connectivity index is 2.31. The van der Waals surface area contributed by atoms with Gasteiger partial charge in [-0.15, -0.1) is 0 Å². The van der Waals surface area contributed by atoms with Crippen molar-refractivity contribution >= 4 is 18.0 Å². The first-order valence-electron chi connectivity index (χ1n) is 8.43. The Morgan fingerprint density at radius 2 is 1.54 bits per heavy atom. The second-order valence-corrected chi connectivity index (χ2v) is 5.80. The minimum absolute atomic E-state index is 0.205. The molecule has 0 saturated heterocycles. The number of carbonyl (C=O) groups is 2. The van der Waals surface area contributed by atoms with E-state index < -0.39 is 18.0 Å². The quantitative estimate of drug-likeness (QED) is 0.577. The molecule has 2 aromatic rings. The summed E-state index contributed by atoms with van der Waals surface area (Å²) in [6.45, 7) is 2.54. The smallest absolute Gasteiger partial charge is 0.308 e. The average molecular weight is 386 g/mol. The van der Waals surface area contributed by atoms with E-state index in [1.165, 1.54) is 33.1 Å². The number of aliphatic hydroxyl groups is 1. The third kappa shape index (κ3) is 5.59. The van der Waals surface area contributed by atoms with Gasteiger partial charge in [0.1, 0.15) is 29.1 Å². The molecule has 28 heavy (non-hydrogen) atoms. The summed E-state index contributed by atoms with van der Waals surface area (Å²) in [5, 5.41) is 10.5. The fraction of sp³-hybridized carbons (Fsp3) is 0.238. The molecule has 7 nitrogen and oxygen atoms in total. The summed E-state index contributed by atoms with van der Waals surface area (Å²) in [4.78, 5) is 22.5. The van der Waals surface area contributed by atoms with Crippen LogP contribution in [0.15, 0.2) is 42.5 Å². The molecule has 2 rings (SSSR count). The topological polar surface area (TPSA) is 91.3 Å². The molecule has 0 amide bonds. The van der Waals surface area contributed by atoms with Gasteiger partial charge in [0.15, 0.2) is 0 Å². The number of hydrogen-bond donors (Lipinski definition) is 1. The standard InChI is InChI=1S/C21H22O7/c1-13(22)27-17-7-5-15(20(12-17)28-14(2)23)6-10-19(24)18-9-8-16(25-3)11-21(18)26-4/h5-12,19,24H,1-4H3. The second-order valence-electron chi connectivity index (χ2n) is 5.80. The van der Waals surface area contributed by atoms with Gasteiger partial charge in [-0.05, 0) is 24.3 Å². The Labute approximate surface area is 163 Å². The van der Waals surface area contributed by atoms with Crippen LogP contribution in [-0.4, -0.2) is 31.3 Å². The Morgan fingerprint density at radius 1 is 0.893 bits per heavy atom. The molecule has 0 spiro atoms. The minimum atomic E-state index is -0.973. The van der Waals surface area contributed by atoms with Crippen molar-refractivity contribution < 1.29 is 33.6 Å². The lowest BCUT2D eigenvalue weighted by molar-refractivity contribution is -0.132. The van der Waals surface area contributed by atoms with Crippen LogP contribution in [0.4, 0.5) is 0 Å². The van der Waals surface area contributed by atoms with Crippen molar-refractivity contribution in [1.29, 1.82) is 0 Å². The Kier molecular flexibility index (Phi) is 7.17. The van der Waals surface area contributed by atoms with Gasteiger partial charge in [-0.2, -0.15) is 0 Å². The molecular weight excluding hydrogens is 364 g/mol. The molecule has 0 saturated carbocycles. The average Bonchev–Trinajstić information content (AvgIpc) is 2.65. The molecule has 0 aliphatic heterocycles. The highest BCUT2D eigenvalue weighted by atomic mass is 16.5. The maximum absolute atomic E-state index is 11.4. The van der Waals surface area contributed by atoms with Crippen LogP contribution in [0.3, 0.4) is 0 Å². The Morgan fingerprint density at radius 3 is 2.14 bits per heavy atom. The maximum atomic E-state index is 11.4. The van der Waals surface area contributed by atoms with Crippen LogP contribution in [0.5, 0.6) is 23.0 Å². The zero-order valence-electron chi connectivity index (χ0n) is 16.1. The van der Waals surface area contributed by atoms with Crippen LogP contribution in [0.25, 0.3) is 6.08 Å². The lowest BCUT2D eigenvalue weighted by Crippen LogP contribution is -2.05. The van der Waals surface area contributed by atoms with E-state index in [9.17, 15) is 14.7 Å². The molecule has 148 valence electrons. The van der Waals surface area contributed by atoms with E-state index in [0.29, 0.717) is 22.6 Å². The monoisotopic (exact) mass is 386 g/mol. The van der Waals surface area contributed by atoms with Gasteiger partial charge < -0.3 is 24.1 Å². The number of carbonyl (C=O) groups excluding carboxylic acids is 2. The molecule has 0 aliphatic carbocycles. The summed E-state index contributed by atoms with van der Waals surface area (Å²) in [6.07, 6.45) is 2.15. The largest absolute Gasteiger partial charge is 0.497 e. The molecule has 1 atom stereocenters. The summed E-state index contributed by atoms with van der Waals surface area (Å²) in [5.74, 6) is 0.526. The van der Waals surface area contributed by atoms with Crippen molar-refractivity contribution in [3.8, 4) is 23.0 Å². The van der Waals surface area contributed by atoms with Gasteiger partial charge >= 0.3 is 11.9 Å². The van der Waals surface area contributed by atoms with E-state index in [1.54, 1.807) is 43.5 Å². The van der Waals surface area contributed by atoms with Crippen LogP contribution in [-0.2, 0) is 9.59 Å². The molecular formula is C21H22O7. The number of methoxy groups -OCH3 is 2. The Hall–Kier alpha value is -3.32. The second kappa shape index (κ2) is 9.57. The van der Waals surface area contributed by atoms with E-state index >= 15 is 0 Å². The highest BCUT2D eigenvalue weighted by Gasteiger charge is 2.13. The third-order valence-electron chi connectivity index (χ3n) is 3.72. The van der Waals surface area contributed by atoms with E-state index in [4.69, 9.17) is 18.9 Å². The van der Waals surface area contributed by atoms with Crippen molar-refractivity contribution in [3.05, 3.63) is 53.6 Å². The van der Waals surface area contributed by atoms with Crippen molar-refractivity contribution in [2.45, 2.75) is 20.0 Å². The highest BCUT2D eigenvalue weighted by Crippen LogP contribution is 2.32. The van der Waals surface area contributed by atoms with Crippen LogP contribution in [0, 0.1) is 0 Å². The summed E-state index contributed by atoms with van der Waals surface area (Å²) >= 11 is 0. The summed E-state index contributed by atoms with van der Waals surface area (Å²) in [7, 11) is 3.04. The van der Waals surface area contributed by atoms with Gasteiger partial charge in [0.2, 0.25) is 0 Å². The van der Waals surface area contributed by atoms with Gasteiger partial charge in [0, 0.05) is 37.1 Å². The SMILES string of the molecule is COc1ccc(C(O)C=Cc2ccc(OC(C)=O)cc2OC(C)=O)c(OC)c1. The molecule has 0 fully saturated rings. The number of rotatable bonds is 7. The molecule has 2 aromatic carbocycles. The summed E-state index contributed by atoms with van der Waals surface area (Å²) < 4.78 is 20.6. The lowest BCUT2D eigenvalue weighted by Gasteiger charge is -2.13. The van der Waals surface area contributed by atoms with E-state index in [0.717, 1.165) is 0 Å². The van der Waals surface area contributed by atoms with Crippen molar-refractivity contribution in [1.82, 2.24) is 0 Å². The van der Waals surface area contributed by atoms with Gasteiger partial charge in [0.25, 0.3) is 0 Å². The third-order valence-corrected chi connectivity index (χ3v) is 3.72. The van der Waals surface area contributed by atoms with Crippen LogP contribution >= 0.6 is 0 Å². The summed E-state index contributed by atoms with van der Waals surface area (Å²) in [6, 6.07) is 9.70. The molecule has 7 heteroatoms.